The lowest BCUT2D eigenvalue weighted by Gasteiger charge is -2.37. The van der Waals surface area contributed by atoms with E-state index in [9.17, 15) is 4.79 Å². The lowest BCUT2D eigenvalue weighted by Crippen LogP contribution is -2.45. The van der Waals surface area contributed by atoms with Crippen LogP contribution in [-0.2, 0) is 10.8 Å². The highest BCUT2D eigenvalue weighted by molar-refractivity contribution is 9.10. The Morgan fingerprint density at radius 1 is 1.32 bits per heavy atom. The Hall–Kier alpha value is -0.653. The van der Waals surface area contributed by atoms with Crippen LogP contribution in [0.15, 0.2) is 22.7 Å². The number of carbonyl (C=O) groups is 1. The van der Waals surface area contributed by atoms with E-state index in [4.69, 9.17) is 4.43 Å². The van der Waals surface area contributed by atoms with Gasteiger partial charge in [-0.15, -0.1) is 0 Å². The molecule has 3 nitrogen and oxygen atoms in total. The molecule has 22 heavy (non-hydrogen) atoms. The van der Waals surface area contributed by atoms with Gasteiger partial charge in [-0.05, 0) is 48.3 Å². The highest BCUT2D eigenvalue weighted by atomic mass is 79.9. The molecular weight excluding hydrogens is 358 g/mol. The standard InChI is InChI=1S/C17H26BrNO2Si/c1-17(2,3)22(4,5)21-11-10-19-9-8-13-12-14(18)6-7-15(13)16(19)20/h6-7,12H,8-11H2,1-5H3. The Labute approximate surface area is 143 Å². The van der Waals surface area contributed by atoms with Gasteiger partial charge in [0.15, 0.2) is 8.32 Å². The van der Waals surface area contributed by atoms with Crippen LogP contribution in [0, 0.1) is 0 Å². The fraction of sp³-hybridized carbons (Fsp3) is 0.588. The van der Waals surface area contributed by atoms with Gasteiger partial charge in [0.2, 0.25) is 0 Å². The molecule has 1 aromatic rings. The Kier molecular flexibility index (Phi) is 5.19. The van der Waals surface area contributed by atoms with Gasteiger partial charge in [0.05, 0.1) is 6.61 Å². The lowest BCUT2D eigenvalue weighted by molar-refractivity contribution is 0.0709. The molecule has 0 atom stereocenters. The smallest absolute Gasteiger partial charge is 0.254 e. The second-order valence-electron chi connectivity index (χ2n) is 7.45. The van der Waals surface area contributed by atoms with Crippen molar-refractivity contribution in [2.45, 2.75) is 45.3 Å². The van der Waals surface area contributed by atoms with Crippen molar-refractivity contribution >= 4 is 30.2 Å². The van der Waals surface area contributed by atoms with Gasteiger partial charge in [0.25, 0.3) is 5.91 Å². The predicted molar refractivity (Wildman–Crippen MR) is 96.9 cm³/mol. The number of rotatable bonds is 4. The molecule has 1 heterocycles. The minimum absolute atomic E-state index is 0.132. The number of amides is 1. The molecule has 1 aromatic carbocycles. The van der Waals surface area contributed by atoms with E-state index in [2.05, 4.69) is 55.9 Å². The van der Waals surface area contributed by atoms with Crippen LogP contribution in [0.2, 0.25) is 18.1 Å². The minimum atomic E-state index is -1.73. The van der Waals surface area contributed by atoms with Crippen molar-refractivity contribution < 1.29 is 9.22 Å². The predicted octanol–water partition coefficient (Wildman–Crippen LogP) is 4.47. The van der Waals surface area contributed by atoms with Gasteiger partial charge in [-0.2, -0.15) is 0 Å². The van der Waals surface area contributed by atoms with Crippen molar-refractivity contribution in [3.05, 3.63) is 33.8 Å². The van der Waals surface area contributed by atoms with Gasteiger partial charge in [-0.1, -0.05) is 36.7 Å². The summed E-state index contributed by atoms with van der Waals surface area (Å²) >= 11 is 3.47. The zero-order chi connectivity index (χ0) is 16.5. The highest BCUT2D eigenvalue weighted by Gasteiger charge is 2.37. The number of benzene rings is 1. The Balaban J connectivity index is 1.96. The maximum absolute atomic E-state index is 12.5. The first kappa shape index (κ1) is 17.7. The van der Waals surface area contributed by atoms with E-state index in [0.29, 0.717) is 13.2 Å². The summed E-state index contributed by atoms with van der Waals surface area (Å²) in [5.74, 6) is 0.132. The monoisotopic (exact) mass is 383 g/mol. The third-order valence-corrected chi connectivity index (χ3v) is 9.90. The number of carbonyl (C=O) groups excluding carboxylic acids is 1. The molecule has 0 N–H and O–H groups in total. The van der Waals surface area contributed by atoms with Crippen LogP contribution in [0.5, 0.6) is 0 Å². The Bertz CT molecular complexity index is 566. The zero-order valence-electron chi connectivity index (χ0n) is 14.2. The summed E-state index contributed by atoms with van der Waals surface area (Å²) < 4.78 is 7.23. The molecule has 0 saturated carbocycles. The number of hydrogen-bond donors (Lipinski definition) is 0. The Morgan fingerprint density at radius 2 is 2.00 bits per heavy atom. The Morgan fingerprint density at radius 3 is 2.64 bits per heavy atom. The number of fused-ring (bicyclic) bond motifs is 1. The van der Waals surface area contributed by atoms with Gasteiger partial charge in [0.1, 0.15) is 0 Å². The second-order valence-corrected chi connectivity index (χ2v) is 13.2. The fourth-order valence-electron chi connectivity index (χ4n) is 2.35. The topological polar surface area (TPSA) is 29.5 Å². The fourth-order valence-corrected chi connectivity index (χ4v) is 3.79. The quantitative estimate of drug-likeness (QED) is 0.717. The molecule has 0 bridgehead atoms. The van der Waals surface area contributed by atoms with Crippen LogP contribution in [0.25, 0.3) is 0 Å². The maximum atomic E-state index is 12.5. The second kappa shape index (κ2) is 6.46. The molecule has 1 amide bonds. The van der Waals surface area contributed by atoms with E-state index in [1.165, 1.54) is 0 Å². The normalized spacial score (nSPS) is 15.9. The molecule has 0 radical (unpaired) electrons. The van der Waals surface area contributed by atoms with E-state index >= 15 is 0 Å². The van der Waals surface area contributed by atoms with E-state index in [-0.39, 0.29) is 10.9 Å². The molecule has 2 rings (SSSR count). The minimum Gasteiger partial charge on any atom is -0.415 e. The summed E-state index contributed by atoms with van der Waals surface area (Å²) in [5.41, 5.74) is 1.97. The summed E-state index contributed by atoms with van der Waals surface area (Å²) in [6, 6.07) is 5.91. The number of nitrogens with zero attached hydrogens (tertiary/aromatic N) is 1. The van der Waals surface area contributed by atoms with Crippen LogP contribution in [0.1, 0.15) is 36.7 Å². The molecule has 5 heteroatoms. The molecule has 0 aromatic heterocycles. The van der Waals surface area contributed by atoms with E-state index in [1.54, 1.807) is 0 Å². The molecule has 122 valence electrons. The van der Waals surface area contributed by atoms with Gasteiger partial charge in [-0.25, -0.2) is 0 Å². The van der Waals surface area contributed by atoms with E-state index < -0.39 is 8.32 Å². The van der Waals surface area contributed by atoms with Crippen LogP contribution in [-0.4, -0.2) is 38.8 Å². The van der Waals surface area contributed by atoms with E-state index in [0.717, 1.165) is 28.6 Å². The molecule has 1 aliphatic rings. The van der Waals surface area contributed by atoms with Gasteiger partial charge in [0, 0.05) is 23.1 Å². The molecule has 0 spiro atoms. The number of halogens is 1. The zero-order valence-corrected chi connectivity index (χ0v) is 16.8. The van der Waals surface area contributed by atoms with Gasteiger partial charge in [-0.3, -0.25) is 4.79 Å². The summed E-state index contributed by atoms with van der Waals surface area (Å²) in [6.45, 7) is 13.3. The first-order chi connectivity index (χ1) is 10.1. The number of hydrogen-bond acceptors (Lipinski definition) is 2. The molecule has 0 unspecified atom stereocenters. The first-order valence-electron chi connectivity index (χ1n) is 7.83. The van der Waals surface area contributed by atoms with Crippen molar-refractivity contribution in [2.24, 2.45) is 0 Å². The van der Waals surface area contributed by atoms with Crippen molar-refractivity contribution in [1.29, 1.82) is 0 Å². The largest absolute Gasteiger partial charge is 0.415 e. The van der Waals surface area contributed by atoms with Gasteiger partial charge >= 0.3 is 0 Å². The molecular formula is C17H26BrNO2Si. The SMILES string of the molecule is CC(C)(C)[Si](C)(C)OCCN1CCc2cc(Br)ccc2C1=O. The van der Waals surface area contributed by atoms with Crippen LogP contribution in [0.3, 0.4) is 0 Å². The summed E-state index contributed by atoms with van der Waals surface area (Å²) in [5, 5.41) is 0.206. The molecule has 0 fully saturated rings. The highest BCUT2D eigenvalue weighted by Crippen LogP contribution is 2.36. The third-order valence-electron chi connectivity index (χ3n) is 4.87. The maximum Gasteiger partial charge on any atom is 0.254 e. The molecule has 0 saturated heterocycles. The van der Waals surface area contributed by atoms with Crippen molar-refractivity contribution in [3.8, 4) is 0 Å². The molecule has 0 aliphatic carbocycles. The van der Waals surface area contributed by atoms with Crippen molar-refractivity contribution in [1.82, 2.24) is 4.90 Å². The first-order valence-corrected chi connectivity index (χ1v) is 11.5. The average molecular weight is 384 g/mol. The average Bonchev–Trinajstić information content (AvgIpc) is 2.40. The van der Waals surface area contributed by atoms with Crippen LogP contribution >= 0.6 is 15.9 Å². The van der Waals surface area contributed by atoms with E-state index in [1.807, 2.05) is 17.0 Å². The summed E-state index contributed by atoms with van der Waals surface area (Å²) in [7, 11) is -1.73. The summed E-state index contributed by atoms with van der Waals surface area (Å²) in [6.07, 6.45) is 0.917. The van der Waals surface area contributed by atoms with Crippen molar-refractivity contribution in [2.75, 3.05) is 19.7 Å². The van der Waals surface area contributed by atoms with Crippen LogP contribution < -0.4 is 0 Å². The van der Waals surface area contributed by atoms with Crippen LogP contribution in [0.4, 0.5) is 0 Å². The van der Waals surface area contributed by atoms with Gasteiger partial charge < -0.3 is 9.33 Å². The summed E-state index contributed by atoms with van der Waals surface area (Å²) in [4.78, 5) is 14.5. The van der Waals surface area contributed by atoms with Crippen molar-refractivity contribution in [3.63, 3.8) is 0 Å². The molecule has 1 aliphatic heterocycles. The lowest BCUT2D eigenvalue weighted by atomic mass is 9.99. The third kappa shape index (κ3) is 3.81.